The van der Waals surface area contributed by atoms with Crippen LogP contribution in [0.4, 0.5) is 18.9 Å². The van der Waals surface area contributed by atoms with E-state index in [2.05, 4.69) is 32.4 Å². The normalized spacial score (nSPS) is 27.0. The molecule has 1 saturated heterocycles. The second-order valence-electron chi connectivity index (χ2n) is 7.73. The number of carbonyl (C=O) groups excluding carboxylic acids is 1. The fourth-order valence-electron chi connectivity index (χ4n) is 4.11. The first-order valence-corrected chi connectivity index (χ1v) is 9.88. The number of aromatic nitrogens is 3. The lowest BCUT2D eigenvalue weighted by molar-refractivity contribution is -0.182. The SMILES string of the molecule is C=C[C@@]1(c2nnc(-c3ncccc3N[C@H]3CC[C@H](C(F)(F)F)CC3)o2)CCNC1=O. The number of anilines is 1. The van der Waals surface area contributed by atoms with Gasteiger partial charge in [-0.25, -0.2) is 4.98 Å². The standard InChI is InChI=1S/C20H22F3N5O2/c1-2-19(9-11-25-17(19)29)18-28-27-16(30-18)15-14(4-3-10-24-15)26-13-7-5-12(6-8-13)20(21,22)23/h2-4,10,12-13,26H,1,5-9,11H2,(H,25,29)/t12-,13-,19-/m1/s1. The lowest BCUT2D eigenvalue weighted by Gasteiger charge is -2.31. The Bertz CT molecular complexity index is 937. The number of nitrogens with zero attached hydrogens (tertiary/aromatic N) is 3. The quantitative estimate of drug-likeness (QED) is 0.717. The number of carbonyl (C=O) groups is 1. The van der Waals surface area contributed by atoms with E-state index in [9.17, 15) is 18.0 Å². The Balaban J connectivity index is 1.53. The molecule has 2 aromatic heterocycles. The first-order valence-electron chi connectivity index (χ1n) is 9.88. The molecule has 0 radical (unpaired) electrons. The molecular formula is C20H22F3N5O2. The van der Waals surface area contributed by atoms with E-state index in [1.807, 2.05) is 0 Å². The Kier molecular flexibility index (Phi) is 5.25. The maximum Gasteiger partial charge on any atom is 0.391 e. The van der Waals surface area contributed by atoms with Gasteiger partial charge >= 0.3 is 6.18 Å². The summed E-state index contributed by atoms with van der Waals surface area (Å²) in [7, 11) is 0. The molecule has 4 rings (SSSR count). The molecule has 2 N–H and O–H groups in total. The second-order valence-corrected chi connectivity index (χ2v) is 7.73. The minimum absolute atomic E-state index is 0.0957. The van der Waals surface area contributed by atoms with Crippen molar-refractivity contribution in [3.05, 3.63) is 36.9 Å². The van der Waals surface area contributed by atoms with Crippen molar-refractivity contribution in [2.24, 2.45) is 5.92 Å². The fraction of sp³-hybridized carbons (Fsp3) is 0.500. The summed E-state index contributed by atoms with van der Waals surface area (Å²) >= 11 is 0. The molecule has 0 bridgehead atoms. The number of halogens is 3. The maximum absolute atomic E-state index is 12.9. The second kappa shape index (κ2) is 7.73. The Morgan fingerprint density at radius 2 is 2.03 bits per heavy atom. The van der Waals surface area contributed by atoms with E-state index in [1.165, 1.54) is 6.08 Å². The predicted octanol–water partition coefficient (Wildman–Crippen LogP) is 3.61. The average Bonchev–Trinajstić information content (AvgIpc) is 3.35. The van der Waals surface area contributed by atoms with Crippen LogP contribution in [0.5, 0.6) is 0 Å². The Morgan fingerprint density at radius 3 is 2.67 bits per heavy atom. The minimum atomic E-state index is -4.14. The van der Waals surface area contributed by atoms with Crippen molar-refractivity contribution in [2.75, 3.05) is 11.9 Å². The molecule has 0 unspecified atom stereocenters. The van der Waals surface area contributed by atoms with Crippen LogP contribution < -0.4 is 10.6 Å². The van der Waals surface area contributed by atoms with Gasteiger partial charge in [0.05, 0.1) is 11.6 Å². The van der Waals surface area contributed by atoms with Crippen LogP contribution in [0.15, 0.2) is 35.4 Å². The molecule has 3 heterocycles. The van der Waals surface area contributed by atoms with E-state index >= 15 is 0 Å². The number of alkyl halides is 3. The largest absolute Gasteiger partial charge is 0.418 e. The van der Waals surface area contributed by atoms with Crippen molar-refractivity contribution in [1.29, 1.82) is 0 Å². The van der Waals surface area contributed by atoms with Crippen LogP contribution in [0, 0.1) is 5.92 Å². The summed E-state index contributed by atoms with van der Waals surface area (Å²) in [5, 5.41) is 14.1. The highest BCUT2D eigenvalue weighted by molar-refractivity contribution is 5.91. The maximum atomic E-state index is 12.9. The van der Waals surface area contributed by atoms with Crippen molar-refractivity contribution >= 4 is 11.6 Å². The van der Waals surface area contributed by atoms with Gasteiger partial charge in [-0.05, 0) is 44.2 Å². The molecule has 1 amide bonds. The molecule has 0 aromatic carbocycles. The zero-order valence-corrected chi connectivity index (χ0v) is 16.2. The van der Waals surface area contributed by atoms with Gasteiger partial charge in [-0.2, -0.15) is 13.2 Å². The molecule has 1 aliphatic carbocycles. The van der Waals surface area contributed by atoms with Crippen molar-refractivity contribution < 1.29 is 22.4 Å². The zero-order valence-electron chi connectivity index (χ0n) is 16.2. The highest BCUT2D eigenvalue weighted by Gasteiger charge is 2.46. The summed E-state index contributed by atoms with van der Waals surface area (Å²) in [4.78, 5) is 16.6. The van der Waals surface area contributed by atoms with Gasteiger partial charge in [0, 0.05) is 18.8 Å². The molecule has 2 aliphatic rings. The Hall–Kier alpha value is -2.91. The number of pyridine rings is 1. The number of amides is 1. The van der Waals surface area contributed by atoms with Crippen molar-refractivity contribution in [3.63, 3.8) is 0 Å². The van der Waals surface area contributed by atoms with Gasteiger partial charge in [0.1, 0.15) is 5.41 Å². The summed E-state index contributed by atoms with van der Waals surface area (Å²) in [6.07, 6.45) is 0.405. The van der Waals surface area contributed by atoms with Crippen LogP contribution in [-0.4, -0.2) is 39.9 Å². The zero-order chi connectivity index (χ0) is 21.4. The predicted molar refractivity (Wildman–Crippen MR) is 102 cm³/mol. The van der Waals surface area contributed by atoms with E-state index in [1.54, 1.807) is 18.3 Å². The molecule has 10 heteroatoms. The molecule has 1 aliphatic heterocycles. The number of hydrogen-bond donors (Lipinski definition) is 2. The van der Waals surface area contributed by atoms with Crippen LogP contribution in [0.3, 0.4) is 0 Å². The minimum Gasteiger partial charge on any atom is -0.418 e. The van der Waals surface area contributed by atoms with E-state index in [0.29, 0.717) is 37.2 Å². The number of hydrogen-bond acceptors (Lipinski definition) is 6. The summed E-state index contributed by atoms with van der Waals surface area (Å²) in [5.41, 5.74) is -0.0673. The van der Waals surface area contributed by atoms with Crippen molar-refractivity contribution in [2.45, 2.75) is 49.7 Å². The topological polar surface area (TPSA) is 92.9 Å². The Labute approximate surface area is 171 Å². The number of nitrogens with one attached hydrogen (secondary N) is 2. The first-order chi connectivity index (χ1) is 14.3. The van der Waals surface area contributed by atoms with E-state index in [0.717, 1.165) is 0 Å². The van der Waals surface area contributed by atoms with E-state index in [-0.39, 0.29) is 36.6 Å². The molecule has 2 aromatic rings. The molecule has 160 valence electrons. The average molecular weight is 421 g/mol. The van der Waals surface area contributed by atoms with Gasteiger partial charge < -0.3 is 15.1 Å². The molecule has 1 saturated carbocycles. The van der Waals surface area contributed by atoms with Gasteiger partial charge in [0.15, 0.2) is 5.69 Å². The van der Waals surface area contributed by atoms with Crippen LogP contribution in [-0.2, 0) is 10.2 Å². The highest BCUT2D eigenvalue weighted by Crippen LogP contribution is 2.39. The third-order valence-corrected chi connectivity index (χ3v) is 5.93. The van der Waals surface area contributed by atoms with E-state index in [4.69, 9.17) is 4.42 Å². The molecule has 2 fully saturated rings. The van der Waals surface area contributed by atoms with Gasteiger partial charge in [0.25, 0.3) is 5.89 Å². The number of rotatable bonds is 5. The lowest BCUT2D eigenvalue weighted by Crippen LogP contribution is -2.33. The third kappa shape index (κ3) is 3.66. The van der Waals surface area contributed by atoms with Crippen molar-refractivity contribution in [1.82, 2.24) is 20.5 Å². The summed E-state index contributed by atoms with van der Waals surface area (Å²) in [6, 6.07) is 3.39. The first kappa shape index (κ1) is 20.4. The van der Waals surface area contributed by atoms with Crippen molar-refractivity contribution in [3.8, 4) is 11.6 Å². The van der Waals surface area contributed by atoms with Gasteiger partial charge in [-0.15, -0.1) is 16.8 Å². The van der Waals surface area contributed by atoms with Crippen LogP contribution >= 0.6 is 0 Å². The van der Waals surface area contributed by atoms with Gasteiger partial charge in [-0.3, -0.25) is 4.79 Å². The Morgan fingerprint density at radius 1 is 1.27 bits per heavy atom. The molecule has 30 heavy (non-hydrogen) atoms. The van der Waals surface area contributed by atoms with Gasteiger partial charge in [0.2, 0.25) is 11.8 Å². The summed E-state index contributed by atoms with van der Waals surface area (Å²) < 4.78 is 44.5. The molecule has 7 nitrogen and oxygen atoms in total. The lowest BCUT2D eigenvalue weighted by atomic mass is 9.85. The smallest absolute Gasteiger partial charge is 0.391 e. The van der Waals surface area contributed by atoms with Crippen LogP contribution in [0.1, 0.15) is 38.0 Å². The molecule has 0 spiro atoms. The monoisotopic (exact) mass is 421 g/mol. The van der Waals surface area contributed by atoms with E-state index < -0.39 is 17.5 Å². The van der Waals surface area contributed by atoms with Gasteiger partial charge in [-0.1, -0.05) is 6.08 Å². The van der Waals surface area contributed by atoms with Crippen LogP contribution in [0.25, 0.3) is 11.6 Å². The highest BCUT2D eigenvalue weighted by atomic mass is 19.4. The molecular weight excluding hydrogens is 399 g/mol. The fourth-order valence-corrected chi connectivity index (χ4v) is 4.11. The third-order valence-electron chi connectivity index (χ3n) is 5.93. The van der Waals surface area contributed by atoms with Crippen LogP contribution in [0.2, 0.25) is 0 Å². The summed E-state index contributed by atoms with van der Waals surface area (Å²) in [5.74, 6) is -1.20. The summed E-state index contributed by atoms with van der Waals surface area (Å²) in [6.45, 7) is 4.23. The molecule has 1 atom stereocenters.